The van der Waals surface area contributed by atoms with Gasteiger partial charge in [0.1, 0.15) is 17.3 Å². The average molecular weight is 271 g/mol. The molecule has 3 nitrogen and oxygen atoms in total. The van der Waals surface area contributed by atoms with Crippen LogP contribution in [0.3, 0.4) is 0 Å². The van der Waals surface area contributed by atoms with Crippen LogP contribution in [0, 0.1) is 12.8 Å². The summed E-state index contributed by atoms with van der Waals surface area (Å²) in [5.41, 5.74) is 9.68. The SMILES string of the molecule is CCCc1nc(-c2ccccc2C)c(N)n1CC(C)C. The van der Waals surface area contributed by atoms with Gasteiger partial charge in [0.25, 0.3) is 0 Å². The second kappa shape index (κ2) is 6.12. The monoisotopic (exact) mass is 271 g/mol. The largest absolute Gasteiger partial charge is 0.383 e. The third-order valence-electron chi connectivity index (χ3n) is 3.51. The zero-order valence-corrected chi connectivity index (χ0v) is 13.0. The summed E-state index contributed by atoms with van der Waals surface area (Å²) in [5.74, 6) is 2.47. The molecule has 0 aliphatic heterocycles. The van der Waals surface area contributed by atoms with Gasteiger partial charge in [-0.15, -0.1) is 0 Å². The number of imidazole rings is 1. The third kappa shape index (κ3) is 2.87. The highest BCUT2D eigenvalue weighted by Gasteiger charge is 2.17. The zero-order valence-electron chi connectivity index (χ0n) is 13.0. The molecule has 0 spiro atoms. The first-order valence-corrected chi connectivity index (χ1v) is 7.45. The molecule has 108 valence electrons. The summed E-state index contributed by atoms with van der Waals surface area (Å²) in [6.07, 6.45) is 2.06. The van der Waals surface area contributed by atoms with Crippen molar-refractivity contribution in [2.45, 2.75) is 47.1 Å². The van der Waals surface area contributed by atoms with Crippen molar-refractivity contribution in [3.8, 4) is 11.3 Å². The van der Waals surface area contributed by atoms with Crippen LogP contribution in [0.4, 0.5) is 5.82 Å². The molecule has 1 heterocycles. The first-order valence-electron chi connectivity index (χ1n) is 7.45. The summed E-state index contributed by atoms with van der Waals surface area (Å²) in [6, 6.07) is 8.30. The zero-order chi connectivity index (χ0) is 14.7. The molecule has 0 bridgehead atoms. The van der Waals surface area contributed by atoms with Crippen LogP contribution in [0.2, 0.25) is 0 Å². The normalized spacial score (nSPS) is 11.2. The van der Waals surface area contributed by atoms with Crippen LogP contribution in [0.15, 0.2) is 24.3 Å². The fourth-order valence-corrected chi connectivity index (χ4v) is 2.53. The number of hydrogen-bond donors (Lipinski definition) is 1. The summed E-state index contributed by atoms with van der Waals surface area (Å²) in [7, 11) is 0. The van der Waals surface area contributed by atoms with Gasteiger partial charge in [0, 0.05) is 18.5 Å². The lowest BCUT2D eigenvalue weighted by molar-refractivity contribution is 0.510. The van der Waals surface area contributed by atoms with Crippen molar-refractivity contribution in [3.63, 3.8) is 0 Å². The van der Waals surface area contributed by atoms with Crippen LogP contribution < -0.4 is 5.73 Å². The van der Waals surface area contributed by atoms with Crippen molar-refractivity contribution in [1.82, 2.24) is 9.55 Å². The Hall–Kier alpha value is -1.77. The summed E-state index contributed by atoms with van der Waals surface area (Å²) >= 11 is 0. The van der Waals surface area contributed by atoms with Gasteiger partial charge in [0.15, 0.2) is 0 Å². The summed E-state index contributed by atoms with van der Waals surface area (Å²) in [4.78, 5) is 4.82. The maximum Gasteiger partial charge on any atom is 0.131 e. The van der Waals surface area contributed by atoms with Crippen LogP contribution >= 0.6 is 0 Å². The van der Waals surface area contributed by atoms with E-state index >= 15 is 0 Å². The minimum absolute atomic E-state index is 0.562. The molecule has 1 aromatic carbocycles. The van der Waals surface area contributed by atoms with E-state index in [0.717, 1.165) is 42.3 Å². The van der Waals surface area contributed by atoms with Crippen LogP contribution in [-0.4, -0.2) is 9.55 Å². The minimum atomic E-state index is 0.562. The van der Waals surface area contributed by atoms with Crippen LogP contribution in [0.25, 0.3) is 11.3 Å². The molecule has 2 rings (SSSR count). The molecule has 1 aromatic heterocycles. The van der Waals surface area contributed by atoms with Gasteiger partial charge < -0.3 is 10.3 Å². The van der Waals surface area contributed by atoms with Gasteiger partial charge >= 0.3 is 0 Å². The van der Waals surface area contributed by atoms with E-state index < -0.39 is 0 Å². The number of benzene rings is 1. The Labute approximate surface area is 121 Å². The number of anilines is 1. The molecule has 20 heavy (non-hydrogen) atoms. The van der Waals surface area contributed by atoms with Crippen LogP contribution in [-0.2, 0) is 13.0 Å². The highest BCUT2D eigenvalue weighted by molar-refractivity contribution is 5.73. The molecule has 2 aromatic rings. The standard InChI is InChI=1S/C17H25N3/c1-5-8-15-19-16(14-10-7-6-9-13(14)4)17(18)20(15)11-12(2)3/h6-7,9-10,12H,5,8,11,18H2,1-4H3. The van der Waals surface area contributed by atoms with Gasteiger partial charge in [0.2, 0.25) is 0 Å². The average Bonchev–Trinajstić information content (AvgIpc) is 2.68. The molecular weight excluding hydrogens is 246 g/mol. The molecule has 2 N–H and O–H groups in total. The molecule has 0 aliphatic carbocycles. The van der Waals surface area contributed by atoms with Crippen LogP contribution in [0.5, 0.6) is 0 Å². The Kier molecular flexibility index (Phi) is 4.48. The molecule has 0 aliphatic rings. The van der Waals surface area contributed by atoms with Crippen molar-refractivity contribution < 1.29 is 0 Å². The third-order valence-corrected chi connectivity index (χ3v) is 3.51. The smallest absolute Gasteiger partial charge is 0.131 e. The van der Waals surface area contributed by atoms with E-state index in [4.69, 9.17) is 10.7 Å². The lowest BCUT2D eigenvalue weighted by Crippen LogP contribution is -2.11. The molecular formula is C17H25N3. The predicted octanol–water partition coefficient (Wildman–Crippen LogP) is 4.05. The van der Waals surface area contributed by atoms with E-state index in [9.17, 15) is 0 Å². The second-order valence-corrected chi connectivity index (χ2v) is 5.83. The van der Waals surface area contributed by atoms with Crippen molar-refractivity contribution in [3.05, 3.63) is 35.7 Å². The van der Waals surface area contributed by atoms with Gasteiger partial charge in [-0.3, -0.25) is 0 Å². The van der Waals surface area contributed by atoms with E-state index in [0.29, 0.717) is 5.92 Å². The molecule has 0 saturated heterocycles. The Morgan fingerprint density at radius 1 is 1.25 bits per heavy atom. The van der Waals surface area contributed by atoms with Crippen molar-refractivity contribution in [2.24, 2.45) is 5.92 Å². The van der Waals surface area contributed by atoms with Gasteiger partial charge in [-0.25, -0.2) is 4.98 Å². The maximum absolute atomic E-state index is 6.38. The number of nitrogen functional groups attached to an aromatic ring is 1. The van der Waals surface area contributed by atoms with Crippen molar-refractivity contribution in [1.29, 1.82) is 0 Å². The summed E-state index contributed by atoms with van der Waals surface area (Å²) < 4.78 is 2.19. The molecule has 0 amide bonds. The Balaban J connectivity index is 2.52. The van der Waals surface area contributed by atoms with Gasteiger partial charge in [-0.2, -0.15) is 0 Å². The lowest BCUT2D eigenvalue weighted by Gasteiger charge is -2.12. The fraction of sp³-hybridized carbons (Fsp3) is 0.471. The number of aromatic nitrogens is 2. The lowest BCUT2D eigenvalue weighted by atomic mass is 10.1. The summed E-state index contributed by atoms with van der Waals surface area (Å²) in [5, 5.41) is 0. The van der Waals surface area contributed by atoms with E-state index in [2.05, 4.69) is 44.4 Å². The molecule has 0 atom stereocenters. The molecule has 0 radical (unpaired) electrons. The first kappa shape index (κ1) is 14.6. The fourth-order valence-electron chi connectivity index (χ4n) is 2.53. The van der Waals surface area contributed by atoms with Gasteiger partial charge in [0.05, 0.1) is 0 Å². The quantitative estimate of drug-likeness (QED) is 0.891. The minimum Gasteiger partial charge on any atom is -0.383 e. The van der Waals surface area contributed by atoms with E-state index in [-0.39, 0.29) is 0 Å². The number of aryl methyl sites for hydroxylation is 2. The Morgan fingerprint density at radius 2 is 1.95 bits per heavy atom. The summed E-state index contributed by atoms with van der Waals surface area (Å²) in [6.45, 7) is 9.64. The number of rotatable bonds is 5. The predicted molar refractivity (Wildman–Crippen MR) is 85.6 cm³/mol. The first-order chi connectivity index (χ1) is 9.54. The molecule has 0 saturated carbocycles. The number of nitrogens with zero attached hydrogens (tertiary/aromatic N) is 2. The highest BCUT2D eigenvalue weighted by atomic mass is 15.1. The molecule has 0 fully saturated rings. The topological polar surface area (TPSA) is 43.8 Å². The van der Waals surface area contributed by atoms with Gasteiger partial charge in [-0.05, 0) is 24.8 Å². The van der Waals surface area contributed by atoms with Gasteiger partial charge in [-0.1, -0.05) is 45.0 Å². The second-order valence-electron chi connectivity index (χ2n) is 5.83. The Morgan fingerprint density at radius 3 is 2.55 bits per heavy atom. The van der Waals surface area contributed by atoms with Crippen molar-refractivity contribution >= 4 is 5.82 Å². The molecule has 0 unspecified atom stereocenters. The maximum atomic E-state index is 6.38. The van der Waals surface area contributed by atoms with Crippen molar-refractivity contribution in [2.75, 3.05) is 5.73 Å². The number of nitrogens with two attached hydrogens (primary N) is 1. The van der Waals surface area contributed by atoms with E-state index in [1.807, 2.05) is 12.1 Å². The molecule has 3 heteroatoms. The highest BCUT2D eigenvalue weighted by Crippen LogP contribution is 2.29. The Bertz CT molecular complexity index is 582. The van der Waals surface area contributed by atoms with E-state index in [1.54, 1.807) is 0 Å². The van der Waals surface area contributed by atoms with E-state index in [1.165, 1.54) is 5.56 Å². The van der Waals surface area contributed by atoms with Crippen LogP contribution in [0.1, 0.15) is 38.6 Å². The number of hydrogen-bond acceptors (Lipinski definition) is 2.